The van der Waals surface area contributed by atoms with E-state index < -0.39 is 45.3 Å². The molecule has 0 heterocycles. The number of hydrogen-bond donors (Lipinski definition) is 2. The molecule has 10 nitrogen and oxygen atoms in total. The minimum absolute atomic E-state index is 0.0622. The average Bonchev–Trinajstić information content (AvgIpc) is 2.68. The van der Waals surface area contributed by atoms with E-state index >= 15 is 0 Å². The van der Waals surface area contributed by atoms with Crippen molar-refractivity contribution in [2.75, 3.05) is 11.9 Å². The van der Waals surface area contributed by atoms with Crippen LogP contribution in [0.15, 0.2) is 47.4 Å². The molecule has 0 aliphatic heterocycles. The molecule has 13 heteroatoms. The maximum absolute atomic E-state index is 12.9. The molecule has 1 atom stereocenters. The number of carbonyl (C=O) groups is 2. The Morgan fingerprint density at radius 2 is 1.87 bits per heavy atom. The van der Waals surface area contributed by atoms with E-state index in [1.165, 1.54) is 13.0 Å². The molecule has 0 bridgehead atoms. The van der Waals surface area contributed by atoms with Crippen molar-refractivity contribution in [2.24, 2.45) is 0 Å². The first kappa shape index (κ1) is 23.2. The van der Waals surface area contributed by atoms with Crippen molar-refractivity contribution in [3.63, 3.8) is 0 Å². The molecule has 30 heavy (non-hydrogen) atoms. The van der Waals surface area contributed by atoms with E-state index in [0.29, 0.717) is 0 Å². The largest absolute Gasteiger partial charge is 0.452 e. The standard InChI is InChI=1S/C17H15ClFN3O7S/c1-10(17(24)21-15-7-4-12(22(25)26)8-14(15)18)29-16(23)9-20-30(27,28)13-5-2-11(19)3-6-13/h2-8,10,20H,9H2,1H3,(H,21,24)/t10-/m0/s1. The molecule has 0 unspecified atom stereocenters. The van der Waals surface area contributed by atoms with E-state index in [4.69, 9.17) is 16.3 Å². The molecule has 2 aromatic carbocycles. The molecular formula is C17H15ClFN3O7S. The van der Waals surface area contributed by atoms with Crippen LogP contribution in [0, 0.1) is 15.9 Å². The second-order valence-corrected chi connectivity index (χ2v) is 8.00. The number of sulfonamides is 1. The van der Waals surface area contributed by atoms with Gasteiger partial charge >= 0.3 is 5.97 Å². The fraction of sp³-hybridized carbons (Fsp3) is 0.176. The zero-order chi connectivity index (χ0) is 22.5. The van der Waals surface area contributed by atoms with Crippen LogP contribution in [0.2, 0.25) is 5.02 Å². The van der Waals surface area contributed by atoms with Gasteiger partial charge in [0.15, 0.2) is 6.10 Å². The summed E-state index contributed by atoms with van der Waals surface area (Å²) in [5.74, 6) is -2.46. The van der Waals surface area contributed by atoms with E-state index in [1.54, 1.807) is 0 Å². The quantitative estimate of drug-likeness (QED) is 0.349. The molecule has 2 aromatic rings. The number of ether oxygens (including phenoxy) is 1. The van der Waals surface area contributed by atoms with Crippen LogP contribution in [0.4, 0.5) is 15.8 Å². The third-order valence-corrected chi connectivity index (χ3v) is 5.36. The summed E-state index contributed by atoms with van der Waals surface area (Å²) >= 11 is 5.87. The molecule has 0 aromatic heterocycles. The normalized spacial score (nSPS) is 12.1. The number of nitrogens with one attached hydrogen (secondary N) is 2. The van der Waals surface area contributed by atoms with Crippen LogP contribution < -0.4 is 10.0 Å². The third kappa shape index (κ3) is 6.20. The second-order valence-electron chi connectivity index (χ2n) is 5.82. The first-order chi connectivity index (χ1) is 14.0. The fourth-order valence-corrected chi connectivity index (χ4v) is 3.29. The van der Waals surface area contributed by atoms with Gasteiger partial charge in [-0.1, -0.05) is 11.6 Å². The van der Waals surface area contributed by atoms with Gasteiger partial charge in [-0.3, -0.25) is 19.7 Å². The van der Waals surface area contributed by atoms with Crippen molar-refractivity contribution in [1.82, 2.24) is 4.72 Å². The number of nitro groups is 1. The molecule has 2 rings (SSSR count). The SMILES string of the molecule is C[C@H](OC(=O)CNS(=O)(=O)c1ccc(F)cc1)C(=O)Nc1ccc([N+](=O)[O-])cc1Cl. The Hall–Kier alpha value is -3.09. The number of hydrogen-bond acceptors (Lipinski definition) is 7. The number of benzene rings is 2. The summed E-state index contributed by atoms with van der Waals surface area (Å²) in [6, 6.07) is 7.31. The predicted octanol–water partition coefficient (Wildman–Crippen LogP) is 2.24. The van der Waals surface area contributed by atoms with Gasteiger partial charge < -0.3 is 10.1 Å². The second kappa shape index (κ2) is 9.61. The van der Waals surface area contributed by atoms with Gasteiger partial charge in [0.1, 0.15) is 12.4 Å². The summed E-state index contributed by atoms with van der Waals surface area (Å²) in [7, 11) is -4.08. The summed E-state index contributed by atoms with van der Waals surface area (Å²) in [6.45, 7) is 0.469. The number of nitro benzene ring substituents is 1. The minimum atomic E-state index is -4.08. The molecule has 1 amide bonds. The molecule has 0 aliphatic rings. The van der Waals surface area contributed by atoms with Crippen LogP contribution >= 0.6 is 11.6 Å². The summed E-state index contributed by atoms with van der Waals surface area (Å²) in [4.78, 5) is 33.7. The molecule has 0 aliphatic carbocycles. The van der Waals surface area contributed by atoms with Gasteiger partial charge in [-0.15, -0.1) is 0 Å². The Bertz CT molecular complexity index is 1080. The molecule has 0 fully saturated rings. The molecule has 0 saturated carbocycles. The van der Waals surface area contributed by atoms with E-state index in [0.717, 1.165) is 36.4 Å². The van der Waals surface area contributed by atoms with E-state index in [9.17, 15) is 32.5 Å². The van der Waals surface area contributed by atoms with Crippen LogP contribution in [-0.4, -0.2) is 37.9 Å². The number of esters is 1. The Labute approximate surface area is 175 Å². The van der Waals surface area contributed by atoms with Crippen molar-refractivity contribution in [3.8, 4) is 0 Å². The van der Waals surface area contributed by atoms with E-state index in [1.807, 2.05) is 4.72 Å². The van der Waals surface area contributed by atoms with Crippen molar-refractivity contribution in [2.45, 2.75) is 17.9 Å². The molecule has 0 saturated heterocycles. The molecule has 2 N–H and O–H groups in total. The van der Waals surface area contributed by atoms with Crippen molar-refractivity contribution < 1.29 is 32.1 Å². The number of carbonyl (C=O) groups excluding carboxylic acids is 2. The molecular weight excluding hydrogens is 445 g/mol. The van der Waals surface area contributed by atoms with Gasteiger partial charge in [0, 0.05) is 12.1 Å². The van der Waals surface area contributed by atoms with Crippen LogP contribution in [0.1, 0.15) is 6.92 Å². The number of rotatable bonds is 8. The van der Waals surface area contributed by atoms with Gasteiger partial charge in [-0.2, -0.15) is 4.72 Å². The lowest BCUT2D eigenvalue weighted by Crippen LogP contribution is -2.35. The van der Waals surface area contributed by atoms with Gasteiger partial charge in [0.05, 0.1) is 20.5 Å². The van der Waals surface area contributed by atoms with Crippen LogP contribution in [0.3, 0.4) is 0 Å². The van der Waals surface area contributed by atoms with Crippen LogP contribution in [0.5, 0.6) is 0 Å². The monoisotopic (exact) mass is 459 g/mol. The lowest BCUT2D eigenvalue weighted by atomic mass is 10.2. The van der Waals surface area contributed by atoms with Gasteiger partial charge in [0.25, 0.3) is 11.6 Å². The van der Waals surface area contributed by atoms with E-state index in [2.05, 4.69) is 5.32 Å². The topological polar surface area (TPSA) is 145 Å². The highest BCUT2D eigenvalue weighted by atomic mass is 35.5. The lowest BCUT2D eigenvalue weighted by molar-refractivity contribution is -0.384. The third-order valence-electron chi connectivity index (χ3n) is 3.63. The van der Waals surface area contributed by atoms with Gasteiger partial charge in [0.2, 0.25) is 10.0 Å². The number of halogens is 2. The predicted molar refractivity (Wildman–Crippen MR) is 104 cm³/mol. The zero-order valence-corrected chi connectivity index (χ0v) is 16.9. The summed E-state index contributed by atoms with van der Waals surface area (Å²) < 4.78 is 43.8. The summed E-state index contributed by atoms with van der Waals surface area (Å²) in [6.07, 6.45) is -1.32. The minimum Gasteiger partial charge on any atom is -0.452 e. The lowest BCUT2D eigenvalue weighted by Gasteiger charge is -2.14. The molecule has 0 radical (unpaired) electrons. The fourth-order valence-electron chi connectivity index (χ4n) is 2.10. The van der Waals surface area contributed by atoms with Crippen molar-refractivity contribution in [3.05, 3.63) is 63.4 Å². The maximum Gasteiger partial charge on any atom is 0.321 e. The highest BCUT2D eigenvalue weighted by Crippen LogP contribution is 2.26. The Morgan fingerprint density at radius 3 is 2.43 bits per heavy atom. The first-order valence-corrected chi connectivity index (χ1v) is 10.1. The maximum atomic E-state index is 12.9. The highest BCUT2D eigenvalue weighted by Gasteiger charge is 2.22. The Morgan fingerprint density at radius 1 is 1.23 bits per heavy atom. The van der Waals surface area contributed by atoms with E-state index in [-0.39, 0.29) is 21.3 Å². The summed E-state index contributed by atoms with van der Waals surface area (Å²) in [5.41, 5.74) is -0.210. The van der Waals surface area contributed by atoms with Gasteiger partial charge in [-0.25, -0.2) is 12.8 Å². The Balaban J connectivity index is 1.91. The number of nitrogens with zero attached hydrogens (tertiary/aromatic N) is 1. The highest BCUT2D eigenvalue weighted by molar-refractivity contribution is 7.89. The zero-order valence-electron chi connectivity index (χ0n) is 15.3. The number of non-ortho nitro benzene ring substituents is 1. The molecule has 0 spiro atoms. The van der Waals surface area contributed by atoms with Gasteiger partial charge in [-0.05, 0) is 37.3 Å². The van der Waals surface area contributed by atoms with Crippen LogP contribution in [-0.2, 0) is 24.3 Å². The van der Waals surface area contributed by atoms with Crippen molar-refractivity contribution in [1.29, 1.82) is 0 Å². The van der Waals surface area contributed by atoms with Crippen molar-refractivity contribution >= 4 is 44.9 Å². The molecule has 160 valence electrons. The number of anilines is 1. The average molecular weight is 460 g/mol. The van der Waals surface area contributed by atoms with Crippen LogP contribution in [0.25, 0.3) is 0 Å². The number of amides is 1. The Kier molecular flexibility index (Phi) is 7.43. The smallest absolute Gasteiger partial charge is 0.321 e. The first-order valence-electron chi connectivity index (χ1n) is 8.19. The summed E-state index contributed by atoms with van der Waals surface area (Å²) in [5, 5.41) is 12.9.